The Bertz CT molecular complexity index is 352. The first-order valence-corrected chi connectivity index (χ1v) is 7.68. The molecule has 152 valence electrons. The van der Waals surface area contributed by atoms with Crippen LogP contribution in [0.4, 0.5) is 0 Å². The number of nitrogens with two attached hydrogens (primary N) is 3. The third-order valence-electron chi connectivity index (χ3n) is 1.99. The topological polar surface area (TPSA) is 190 Å². The van der Waals surface area contributed by atoms with Crippen molar-refractivity contribution in [2.45, 2.75) is 33.2 Å². The number of aliphatic hydroxyl groups is 1. The Morgan fingerprint density at radius 1 is 1.08 bits per heavy atom. The molecule has 0 radical (unpaired) electrons. The monoisotopic (exact) mass is 369 g/mol. The minimum absolute atomic E-state index is 0.278. The van der Waals surface area contributed by atoms with E-state index in [0.29, 0.717) is 12.3 Å². The number of hydrogen-bond acceptors (Lipinski definition) is 6. The summed E-state index contributed by atoms with van der Waals surface area (Å²) in [5.41, 5.74) is 14.3. The molecule has 0 aromatic rings. The normalized spacial score (nSPS) is 10.8. The Hall–Kier alpha value is -1.75. The zero-order valence-electron chi connectivity index (χ0n) is 16.2. The Morgan fingerprint density at radius 3 is 1.44 bits per heavy atom. The van der Waals surface area contributed by atoms with Crippen LogP contribution < -0.4 is 17.2 Å². The van der Waals surface area contributed by atoms with Crippen molar-refractivity contribution >= 4 is 17.8 Å². The summed E-state index contributed by atoms with van der Waals surface area (Å²) in [6, 6.07) is -0.690. The SMILES string of the molecule is CC(C)C[C@H](N)C(=O)O.CC(N)=O.C[N+](C)(C)CCO.NCC(=O)O. The number of aliphatic hydroxyl groups excluding tert-OH is 1. The molecule has 0 aliphatic heterocycles. The first kappa shape index (κ1) is 31.1. The molecule has 1 amide bonds. The highest BCUT2D eigenvalue weighted by molar-refractivity contribution is 5.73. The highest BCUT2D eigenvalue weighted by Gasteiger charge is 2.11. The van der Waals surface area contributed by atoms with Gasteiger partial charge in [0, 0.05) is 6.92 Å². The molecular weight excluding hydrogens is 332 g/mol. The zero-order chi connectivity index (χ0) is 21.2. The molecular formula is C15H37N4O6+. The van der Waals surface area contributed by atoms with E-state index in [4.69, 9.17) is 21.1 Å². The number of carbonyl (C=O) groups is 3. The molecule has 25 heavy (non-hydrogen) atoms. The lowest BCUT2D eigenvalue weighted by Crippen LogP contribution is -2.36. The van der Waals surface area contributed by atoms with Gasteiger partial charge in [0.1, 0.15) is 12.6 Å². The van der Waals surface area contributed by atoms with E-state index in [1.165, 1.54) is 6.92 Å². The van der Waals surface area contributed by atoms with Gasteiger partial charge in [0.2, 0.25) is 5.91 Å². The van der Waals surface area contributed by atoms with Crippen LogP contribution in [0.25, 0.3) is 0 Å². The predicted octanol–water partition coefficient (Wildman–Crippen LogP) is -1.35. The molecule has 0 saturated heterocycles. The van der Waals surface area contributed by atoms with E-state index in [-0.39, 0.29) is 19.1 Å². The second kappa shape index (κ2) is 18.6. The molecule has 0 rings (SSSR count). The lowest BCUT2D eigenvalue weighted by Gasteiger charge is -2.21. The third kappa shape index (κ3) is 60.8. The van der Waals surface area contributed by atoms with Crippen molar-refractivity contribution in [3.63, 3.8) is 0 Å². The van der Waals surface area contributed by atoms with Crippen LogP contribution >= 0.6 is 0 Å². The van der Waals surface area contributed by atoms with Gasteiger partial charge in [0.15, 0.2) is 0 Å². The molecule has 1 atom stereocenters. The maximum absolute atomic E-state index is 10.1. The minimum atomic E-state index is -0.968. The van der Waals surface area contributed by atoms with E-state index in [2.05, 4.69) is 32.6 Å². The molecule has 0 bridgehead atoms. The standard InChI is InChI=1S/C6H13NO2.C5H14NO.C2H5NO2.C2H5NO/c1-4(2)3-5(7)6(8)9;1-6(2,3)4-5-7;3-1-2(4)5;1-2(3)4/h4-5H,3,7H2,1-2H3,(H,8,9);7H,4-5H2,1-3H3;1,3H2,(H,4,5);1H3,(H2,3,4)/q;+1;;/t5-;;;/m0.../s1. The number of quaternary nitrogens is 1. The summed E-state index contributed by atoms with van der Waals surface area (Å²) in [6.07, 6.45) is 0.551. The van der Waals surface area contributed by atoms with Crippen LogP contribution in [0.15, 0.2) is 0 Å². The maximum Gasteiger partial charge on any atom is 0.320 e. The number of carboxylic acids is 2. The van der Waals surface area contributed by atoms with Crippen molar-refractivity contribution in [1.29, 1.82) is 0 Å². The van der Waals surface area contributed by atoms with E-state index in [1.54, 1.807) is 0 Å². The molecule has 0 spiro atoms. The largest absolute Gasteiger partial charge is 0.480 e. The van der Waals surface area contributed by atoms with Crippen LogP contribution in [0.2, 0.25) is 0 Å². The number of carboxylic acid groups (broad SMARTS) is 2. The van der Waals surface area contributed by atoms with Gasteiger partial charge in [0.25, 0.3) is 0 Å². The number of aliphatic carboxylic acids is 2. The molecule has 0 fully saturated rings. The molecule has 10 heteroatoms. The quantitative estimate of drug-likeness (QED) is 0.310. The fourth-order valence-electron chi connectivity index (χ4n) is 0.909. The van der Waals surface area contributed by atoms with Crippen molar-refractivity contribution in [1.82, 2.24) is 0 Å². The highest BCUT2D eigenvalue weighted by atomic mass is 16.4. The number of carbonyl (C=O) groups excluding carboxylic acids is 1. The van der Waals surface area contributed by atoms with E-state index in [0.717, 1.165) is 11.0 Å². The summed E-state index contributed by atoms with van der Waals surface area (Å²) in [7, 11) is 6.16. The highest BCUT2D eigenvalue weighted by Crippen LogP contribution is 2.01. The van der Waals surface area contributed by atoms with Gasteiger partial charge in [-0.3, -0.25) is 14.4 Å². The lowest BCUT2D eigenvalue weighted by atomic mass is 10.1. The Balaban J connectivity index is -0.000000123. The average Bonchev–Trinajstić information content (AvgIpc) is 2.37. The number of primary amides is 1. The minimum Gasteiger partial charge on any atom is -0.480 e. The van der Waals surface area contributed by atoms with Gasteiger partial charge in [-0.25, -0.2) is 0 Å². The molecule has 0 unspecified atom stereocenters. The molecule has 9 N–H and O–H groups in total. The van der Waals surface area contributed by atoms with Gasteiger partial charge in [-0.15, -0.1) is 0 Å². The molecule has 0 aliphatic rings. The van der Waals surface area contributed by atoms with Crippen LogP contribution in [0.1, 0.15) is 27.2 Å². The van der Waals surface area contributed by atoms with Crippen LogP contribution in [0, 0.1) is 5.92 Å². The molecule has 0 saturated carbocycles. The Morgan fingerprint density at radius 2 is 1.40 bits per heavy atom. The second-order valence-electron chi connectivity index (χ2n) is 6.52. The molecule has 0 aromatic heterocycles. The summed E-state index contributed by atoms with van der Waals surface area (Å²) in [4.78, 5) is 28.6. The fraction of sp³-hybridized carbons (Fsp3) is 0.800. The van der Waals surface area contributed by atoms with Crippen molar-refractivity contribution in [3.05, 3.63) is 0 Å². The van der Waals surface area contributed by atoms with Crippen LogP contribution in [-0.4, -0.2) is 84.5 Å². The van der Waals surface area contributed by atoms with Crippen molar-refractivity contribution in [3.8, 4) is 0 Å². The van der Waals surface area contributed by atoms with E-state index in [9.17, 15) is 14.4 Å². The second-order valence-corrected chi connectivity index (χ2v) is 6.52. The summed E-state index contributed by atoms with van der Waals surface area (Å²) < 4.78 is 0.844. The van der Waals surface area contributed by atoms with Crippen LogP contribution in [-0.2, 0) is 14.4 Å². The maximum atomic E-state index is 10.1. The Labute approximate surface area is 150 Å². The molecule has 0 aromatic carbocycles. The number of hydrogen-bond donors (Lipinski definition) is 6. The lowest BCUT2D eigenvalue weighted by molar-refractivity contribution is -0.870. The average molecular weight is 369 g/mol. The van der Waals surface area contributed by atoms with Gasteiger partial charge >= 0.3 is 11.9 Å². The van der Waals surface area contributed by atoms with E-state index in [1.807, 2.05) is 13.8 Å². The summed E-state index contributed by atoms with van der Waals surface area (Å²) in [6.45, 7) is 6.04. The summed E-state index contributed by atoms with van der Waals surface area (Å²) in [5.74, 6) is -1.86. The van der Waals surface area contributed by atoms with Crippen molar-refractivity contribution < 1.29 is 34.2 Å². The first-order chi connectivity index (χ1) is 11.1. The van der Waals surface area contributed by atoms with Gasteiger partial charge in [-0.2, -0.15) is 0 Å². The number of likely N-dealkylation sites (N-methyl/N-ethyl adjacent to an activating group) is 1. The van der Waals surface area contributed by atoms with Crippen LogP contribution in [0.3, 0.4) is 0 Å². The first-order valence-electron chi connectivity index (χ1n) is 7.68. The van der Waals surface area contributed by atoms with E-state index < -0.39 is 18.0 Å². The van der Waals surface area contributed by atoms with Gasteiger partial charge in [-0.1, -0.05) is 13.8 Å². The molecule has 10 nitrogen and oxygen atoms in total. The number of nitrogens with zero attached hydrogens (tertiary/aromatic N) is 1. The molecule has 0 aliphatic carbocycles. The van der Waals surface area contributed by atoms with Crippen molar-refractivity contribution in [2.24, 2.45) is 23.1 Å². The molecule has 0 heterocycles. The summed E-state index contributed by atoms with van der Waals surface area (Å²) >= 11 is 0. The van der Waals surface area contributed by atoms with E-state index >= 15 is 0 Å². The van der Waals surface area contributed by atoms with Crippen LogP contribution in [0.5, 0.6) is 0 Å². The smallest absolute Gasteiger partial charge is 0.320 e. The number of rotatable bonds is 6. The summed E-state index contributed by atoms with van der Waals surface area (Å²) in [5, 5.41) is 24.3. The zero-order valence-corrected chi connectivity index (χ0v) is 16.2. The third-order valence-corrected chi connectivity index (χ3v) is 1.99. The Kier molecular flexibility index (Phi) is 23.1. The fourth-order valence-corrected chi connectivity index (χ4v) is 0.909. The van der Waals surface area contributed by atoms with Gasteiger partial charge in [0.05, 0.1) is 34.3 Å². The van der Waals surface area contributed by atoms with Gasteiger partial charge in [-0.05, 0) is 12.3 Å². The number of amides is 1. The predicted molar refractivity (Wildman–Crippen MR) is 96.6 cm³/mol. The van der Waals surface area contributed by atoms with Crippen molar-refractivity contribution in [2.75, 3.05) is 40.8 Å². The van der Waals surface area contributed by atoms with Gasteiger partial charge < -0.3 is 37.0 Å².